The summed E-state index contributed by atoms with van der Waals surface area (Å²) in [6.07, 6.45) is -3.54. The number of carbonyl (C=O) groups is 1. The first-order chi connectivity index (χ1) is 8.85. The highest BCUT2D eigenvalue weighted by Crippen LogP contribution is 2.52. The zero-order chi connectivity index (χ0) is 14.3. The molecule has 2 nitrogen and oxygen atoms in total. The lowest BCUT2D eigenvalue weighted by atomic mass is 9.70. The molecule has 1 saturated heterocycles. The molecule has 1 fully saturated rings. The van der Waals surface area contributed by atoms with Gasteiger partial charge in [0.1, 0.15) is 11.5 Å². The van der Waals surface area contributed by atoms with Crippen molar-refractivity contribution in [3.63, 3.8) is 0 Å². The van der Waals surface area contributed by atoms with Crippen molar-refractivity contribution in [1.29, 1.82) is 0 Å². The monoisotopic (exact) mass is 272 g/mol. The summed E-state index contributed by atoms with van der Waals surface area (Å²) in [4.78, 5) is 11.6. The largest absolute Gasteiger partial charge is 0.456 e. The second-order valence-corrected chi connectivity index (χ2v) is 4.77. The lowest BCUT2D eigenvalue weighted by molar-refractivity contribution is -0.210. The number of cyclic esters (lactones) is 1. The molecule has 19 heavy (non-hydrogen) atoms. The highest BCUT2D eigenvalue weighted by molar-refractivity contribution is 5.83. The number of rotatable bonds is 3. The number of benzene rings is 1. The summed E-state index contributed by atoms with van der Waals surface area (Å²) < 4.78 is 42.6. The molecule has 1 aliphatic rings. The average molecular weight is 272 g/mol. The van der Waals surface area contributed by atoms with Crippen molar-refractivity contribution in [1.82, 2.24) is 0 Å². The van der Waals surface area contributed by atoms with Gasteiger partial charge in [-0.1, -0.05) is 26.0 Å². The Morgan fingerprint density at radius 1 is 1.16 bits per heavy atom. The third-order valence-electron chi connectivity index (χ3n) is 3.94. The molecule has 2 rings (SSSR count). The molecule has 0 amide bonds. The fraction of sp³-hybridized carbons (Fsp3) is 0.500. The van der Waals surface area contributed by atoms with Crippen LogP contribution in [0.15, 0.2) is 24.3 Å². The van der Waals surface area contributed by atoms with E-state index >= 15 is 0 Å². The van der Waals surface area contributed by atoms with Crippen LogP contribution in [0.4, 0.5) is 13.2 Å². The van der Waals surface area contributed by atoms with Crippen LogP contribution >= 0.6 is 0 Å². The molecular formula is C14H15F3O2. The van der Waals surface area contributed by atoms with Gasteiger partial charge in [0.2, 0.25) is 0 Å². The van der Waals surface area contributed by atoms with E-state index in [4.69, 9.17) is 4.74 Å². The molecule has 1 heterocycles. The highest BCUT2D eigenvalue weighted by atomic mass is 19.4. The third-order valence-corrected chi connectivity index (χ3v) is 3.94. The number of hydrogen-bond acceptors (Lipinski definition) is 2. The van der Waals surface area contributed by atoms with Gasteiger partial charge in [-0.15, -0.1) is 0 Å². The quantitative estimate of drug-likeness (QED) is 0.774. The van der Waals surface area contributed by atoms with Gasteiger partial charge >= 0.3 is 12.1 Å². The van der Waals surface area contributed by atoms with E-state index in [2.05, 4.69) is 0 Å². The summed E-state index contributed by atoms with van der Waals surface area (Å²) in [5.74, 6) is -0.262. The van der Waals surface area contributed by atoms with Gasteiger partial charge < -0.3 is 4.74 Å². The number of hydrogen-bond donors (Lipinski definition) is 0. The maximum Gasteiger partial charge on any atom is 0.416 e. The Morgan fingerprint density at radius 2 is 1.68 bits per heavy atom. The first-order valence-corrected chi connectivity index (χ1v) is 6.23. The molecule has 0 spiro atoms. The molecule has 0 aromatic heterocycles. The van der Waals surface area contributed by atoms with Gasteiger partial charge in [0, 0.05) is 0 Å². The topological polar surface area (TPSA) is 26.3 Å². The molecule has 0 saturated carbocycles. The maximum absolute atomic E-state index is 12.5. The van der Waals surface area contributed by atoms with E-state index in [-0.39, 0.29) is 5.97 Å². The number of halogens is 3. The Bertz CT molecular complexity index is 472. The molecule has 0 N–H and O–H groups in total. The van der Waals surface area contributed by atoms with Crippen molar-refractivity contribution in [3.8, 4) is 0 Å². The van der Waals surface area contributed by atoms with Crippen molar-refractivity contribution in [2.24, 2.45) is 5.41 Å². The SMILES string of the molecule is CCC1(CC)C(=O)O[C@@H]1c1ccc(C(F)(F)F)cc1. The van der Waals surface area contributed by atoms with Crippen LogP contribution in [0, 0.1) is 5.41 Å². The van der Waals surface area contributed by atoms with Crippen molar-refractivity contribution in [3.05, 3.63) is 35.4 Å². The average Bonchev–Trinajstić information content (AvgIpc) is 2.37. The predicted octanol–water partition coefficient (Wildman–Crippen LogP) is 4.11. The minimum atomic E-state index is -4.35. The smallest absolute Gasteiger partial charge is 0.416 e. The van der Waals surface area contributed by atoms with E-state index < -0.39 is 23.3 Å². The lowest BCUT2D eigenvalue weighted by Crippen LogP contribution is -2.49. The fourth-order valence-corrected chi connectivity index (χ4v) is 2.53. The second-order valence-electron chi connectivity index (χ2n) is 4.77. The number of carbonyl (C=O) groups excluding carboxylic acids is 1. The van der Waals surface area contributed by atoms with Gasteiger partial charge in [-0.25, -0.2) is 0 Å². The van der Waals surface area contributed by atoms with E-state index in [0.29, 0.717) is 18.4 Å². The van der Waals surface area contributed by atoms with Gasteiger partial charge in [0.05, 0.1) is 5.56 Å². The van der Waals surface area contributed by atoms with E-state index in [9.17, 15) is 18.0 Å². The van der Waals surface area contributed by atoms with Crippen LogP contribution in [-0.2, 0) is 15.7 Å². The van der Waals surface area contributed by atoms with Crippen LogP contribution in [0.2, 0.25) is 0 Å². The fourth-order valence-electron chi connectivity index (χ4n) is 2.53. The van der Waals surface area contributed by atoms with Crippen molar-refractivity contribution < 1.29 is 22.7 Å². The summed E-state index contributed by atoms with van der Waals surface area (Å²) in [6.45, 7) is 3.78. The molecule has 0 bridgehead atoms. The Hall–Kier alpha value is -1.52. The van der Waals surface area contributed by atoms with Crippen LogP contribution < -0.4 is 0 Å². The van der Waals surface area contributed by atoms with Gasteiger partial charge in [-0.2, -0.15) is 13.2 Å². The van der Waals surface area contributed by atoms with Crippen molar-refractivity contribution in [2.45, 2.75) is 39.0 Å². The van der Waals surface area contributed by atoms with E-state index in [0.717, 1.165) is 12.1 Å². The number of ether oxygens (including phenoxy) is 1. The maximum atomic E-state index is 12.5. The van der Waals surface area contributed by atoms with Crippen LogP contribution in [-0.4, -0.2) is 5.97 Å². The van der Waals surface area contributed by atoms with Crippen LogP contribution in [0.5, 0.6) is 0 Å². The summed E-state index contributed by atoms with van der Waals surface area (Å²) >= 11 is 0. The summed E-state index contributed by atoms with van der Waals surface area (Å²) in [6, 6.07) is 4.83. The van der Waals surface area contributed by atoms with E-state index in [1.807, 2.05) is 13.8 Å². The minimum Gasteiger partial charge on any atom is -0.456 e. The summed E-state index contributed by atoms with van der Waals surface area (Å²) in [7, 11) is 0. The van der Waals surface area contributed by atoms with E-state index in [1.165, 1.54) is 12.1 Å². The minimum absolute atomic E-state index is 0.262. The first-order valence-electron chi connectivity index (χ1n) is 6.23. The zero-order valence-corrected chi connectivity index (χ0v) is 10.8. The molecular weight excluding hydrogens is 257 g/mol. The van der Waals surface area contributed by atoms with Gasteiger partial charge in [0.25, 0.3) is 0 Å². The highest BCUT2D eigenvalue weighted by Gasteiger charge is 2.56. The zero-order valence-electron chi connectivity index (χ0n) is 10.8. The standard InChI is InChI=1S/C14H15F3O2/c1-3-13(4-2)11(19-12(13)18)9-5-7-10(8-6-9)14(15,16)17/h5-8,11H,3-4H2,1-2H3/t11-/m1/s1. The lowest BCUT2D eigenvalue weighted by Gasteiger charge is -2.46. The second kappa shape index (κ2) is 4.54. The van der Waals surface area contributed by atoms with Gasteiger partial charge in [-0.3, -0.25) is 4.79 Å². The molecule has 1 atom stereocenters. The Labute approximate surface area is 109 Å². The molecule has 1 aliphatic heterocycles. The Balaban J connectivity index is 2.27. The normalized spacial score (nSPS) is 21.7. The molecule has 0 aliphatic carbocycles. The Kier molecular flexibility index (Phi) is 3.32. The van der Waals surface area contributed by atoms with Crippen molar-refractivity contribution >= 4 is 5.97 Å². The molecule has 5 heteroatoms. The molecule has 0 radical (unpaired) electrons. The summed E-state index contributed by atoms with van der Waals surface area (Å²) in [5.41, 5.74) is -0.656. The van der Waals surface area contributed by atoms with E-state index in [1.54, 1.807) is 0 Å². The predicted molar refractivity (Wildman–Crippen MR) is 63.3 cm³/mol. The van der Waals surface area contributed by atoms with Crippen LogP contribution in [0.1, 0.15) is 43.9 Å². The summed E-state index contributed by atoms with van der Waals surface area (Å²) in [5, 5.41) is 0. The molecule has 0 unspecified atom stereocenters. The first kappa shape index (κ1) is 13.9. The number of esters is 1. The Morgan fingerprint density at radius 3 is 2.05 bits per heavy atom. The van der Waals surface area contributed by atoms with Gasteiger partial charge in [0.15, 0.2) is 0 Å². The molecule has 104 valence electrons. The third kappa shape index (κ3) is 2.11. The van der Waals surface area contributed by atoms with Crippen molar-refractivity contribution in [2.75, 3.05) is 0 Å². The van der Waals surface area contributed by atoms with Crippen LogP contribution in [0.25, 0.3) is 0 Å². The molecule has 1 aromatic rings. The number of alkyl halides is 3. The molecule has 1 aromatic carbocycles. The van der Waals surface area contributed by atoms with Gasteiger partial charge in [-0.05, 0) is 30.5 Å². The van der Waals surface area contributed by atoms with Crippen LogP contribution in [0.3, 0.4) is 0 Å².